The lowest BCUT2D eigenvalue weighted by molar-refractivity contribution is 0.0988. The molecule has 3 nitrogen and oxygen atoms in total. The monoisotopic (exact) mass is 221 g/mol. The summed E-state index contributed by atoms with van der Waals surface area (Å²) in [5.74, 6) is 0.924. The number of ether oxygens (including phenoxy) is 1. The van der Waals surface area contributed by atoms with Gasteiger partial charge in [0.2, 0.25) is 0 Å². The number of aryl methyl sites for hydroxylation is 1. The van der Waals surface area contributed by atoms with Crippen molar-refractivity contribution < 1.29 is 9.53 Å². The minimum Gasteiger partial charge on any atom is -0.496 e. The molecule has 0 aliphatic carbocycles. The van der Waals surface area contributed by atoms with Crippen LogP contribution in [0.1, 0.15) is 29.8 Å². The lowest BCUT2D eigenvalue weighted by Crippen LogP contribution is -2.29. The predicted molar refractivity (Wildman–Crippen MR) is 65.2 cm³/mol. The molecule has 0 unspecified atom stereocenters. The minimum absolute atomic E-state index is 0.111. The number of hydrogen-bond donors (Lipinski definition) is 1. The van der Waals surface area contributed by atoms with Gasteiger partial charge >= 0.3 is 0 Å². The van der Waals surface area contributed by atoms with Crippen LogP contribution in [-0.4, -0.2) is 25.5 Å². The molecule has 0 saturated carbocycles. The number of Topliss-reactive ketones (excluding diaryl/α,β-unsaturated/α-hetero) is 1. The zero-order chi connectivity index (χ0) is 12.1. The van der Waals surface area contributed by atoms with E-state index in [1.54, 1.807) is 13.2 Å². The topological polar surface area (TPSA) is 38.3 Å². The standard InChI is InChI=1S/C13H19NO2/c1-9(2)14-8-12(15)11-5-6-13(16-4)10(3)7-11/h5-7,9,14H,8H2,1-4H3. The van der Waals surface area contributed by atoms with Crippen molar-refractivity contribution in [1.82, 2.24) is 5.32 Å². The molecule has 88 valence electrons. The molecule has 1 rings (SSSR count). The highest BCUT2D eigenvalue weighted by Gasteiger charge is 2.08. The number of carbonyl (C=O) groups is 1. The van der Waals surface area contributed by atoms with Crippen LogP contribution in [0.3, 0.4) is 0 Å². The molecule has 0 aliphatic rings. The molecule has 0 heterocycles. The van der Waals surface area contributed by atoms with Crippen LogP contribution in [0, 0.1) is 6.92 Å². The number of hydrogen-bond acceptors (Lipinski definition) is 3. The summed E-state index contributed by atoms with van der Waals surface area (Å²) in [7, 11) is 1.63. The number of carbonyl (C=O) groups excluding carboxylic acids is 1. The molecule has 1 N–H and O–H groups in total. The van der Waals surface area contributed by atoms with Crippen molar-refractivity contribution in [3.8, 4) is 5.75 Å². The maximum atomic E-state index is 11.8. The molecule has 0 bridgehead atoms. The first-order valence-electron chi connectivity index (χ1n) is 5.46. The molecule has 1 aromatic rings. The zero-order valence-electron chi connectivity index (χ0n) is 10.3. The maximum Gasteiger partial charge on any atom is 0.176 e. The van der Waals surface area contributed by atoms with Crippen LogP contribution in [0.2, 0.25) is 0 Å². The molecule has 0 saturated heterocycles. The summed E-state index contributed by atoms with van der Waals surface area (Å²) >= 11 is 0. The van der Waals surface area contributed by atoms with E-state index in [9.17, 15) is 4.79 Å². The second-order valence-corrected chi connectivity index (χ2v) is 4.14. The first-order chi connectivity index (χ1) is 7.54. The van der Waals surface area contributed by atoms with Gasteiger partial charge in [-0.1, -0.05) is 13.8 Å². The first-order valence-corrected chi connectivity index (χ1v) is 5.46. The Morgan fingerprint density at radius 3 is 2.62 bits per heavy atom. The van der Waals surface area contributed by atoms with Gasteiger partial charge in [0.05, 0.1) is 13.7 Å². The largest absolute Gasteiger partial charge is 0.496 e. The fourth-order valence-electron chi connectivity index (χ4n) is 1.45. The Labute approximate surface area is 96.8 Å². The number of methoxy groups -OCH3 is 1. The molecule has 16 heavy (non-hydrogen) atoms. The van der Waals surface area contributed by atoms with Gasteiger partial charge in [-0.05, 0) is 30.7 Å². The predicted octanol–water partition coefficient (Wildman–Crippen LogP) is 2.18. The Balaban J connectivity index is 2.73. The van der Waals surface area contributed by atoms with E-state index in [1.807, 2.05) is 32.9 Å². The number of nitrogens with one attached hydrogen (secondary N) is 1. The van der Waals surface area contributed by atoms with Crippen LogP contribution >= 0.6 is 0 Å². The highest BCUT2D eigenvalue weighted by atomic mass is 16.5. The molecule has 0 aliphatic heterocycles. The van der Waals surface area contributed by atoms with Gasteiger partial charge in [-0.15, -0.1) is 0 Å². The maximum absolute atomic E-state index is 11.8. The average molecular weight is 221 g/mol. The molecular weight excluding hydrogens is 202 g/mol. The third kappa shape index (κ3) is 3.35. The van der Waals surface area contributed by atoms with Gasteiger partial charge in [0.1, 0.15) is 5.75 Å². The number of rotatable bonds is 5. The Hall–Kier alpha value is -1.35. The fraction of sp³-hybridized carbons (Fsp3) is 0.462. The van der Waals surface area contributed by atoms with Crippen molar-refractivity contribution in [3.05, 3.63) is 29.3 Å². The summed E-state index contributed by atoms with van der Waals surface area (Å²) in [5, 5.41) is 3.11. The molecule has 3 heteroatoms. The van der Waals surface area contributed by atoms with Gasteiger partial charge in [0, 0.05) is 11.6 Å². The van der Waals surface area contributed by atoms with Crippen LogP contribution in [-0.2, 0) is 0 Å². The van der Waals surface area contributed by atoms with Gasteiger partial charge in [-0.3, -0.25) is 4.79 Å². The van der Waals surface area contributed by atoms with Gasteiger partial charge in [-0.25, -0.2) is 0 Å². The molecule has 0 aromatic heterocycles. The third-order valence-corrected chi connectivity index (χ3v) is 2.39. The van der Waals surface area contributed by atoms with E-state index in [-0.39, 0.29) is 5.78 Å². The Bertz CT molecular complexity index is 372. The van der Waals surface area contributed by atoms with E-state index in [2.05, 4.69) is 5.32 Å². The van der Waals surface area contributed by atoms with Crippen LogP contribution < -0.4 is 10.1 Å². The van der Waals surface area contributed by atoms with E-state index in [0.717, 1.165) is 16.9 Å². The Morgan fingerprint density at radius 2 is 2.12 bits per heavy atom. The summed E-state index contributed by atoms with van der Waals surface area (Å²) in [6, 6.07) is 5.82. The highest BCUT2D eigenvalue weighted by Crippen LogP contribution is 2.18. The first kappa shape index (κ1) is 12.7. The molecular formula is C13H19NO2. The van der Waals surface area contributed by atoms with Crippen molar-refractivity contribution >= 4 is 5.78 Å². The van der Waals surface area contributed by atoms with Crippen LogP contribution in [0.4, 0.5) is 0 Å². The number of benzene rings is 1. The SMILES string of the molecule is COc1ccc(C(=O)CNC(C)C)cc1C. The van der Waals surface area contributed by atoms with Crippen molar-refractivity contribution in [2.24, 2.45) is 0 Å². The zero-order valence-corrected chi connectivity index (χ0v) is 10.3. The Kier molecular flexibility index (Phi) is 4.50. The lowest BCUT2D eigenvalue weighted by Gasteiger charge is -2.09. The van der Waals surface area contributed by atoms with Gasteiger partial charge in [0.25, 0.3) is 0 Å². The molecule has 1 aromatic carbocycles. The van der Waals surface area contributed by atoms with Crippen LogP contribution in [0.25, 0.3) is 0 Å². The summed E-state index contributed by atoms with van der Waals surface area (Å²) < 4.78 is 5.15. The Morgan fingerprint density at radius 1 is 1.44 bits per heavy atom. The van der Waals surface area contributed by atoms with E-state index in [1.165, 1.54) is 0 Å². The summed E-state index contributed by atoms with van der Waals surface area (Å²) in [4.78, 5) is 11.8. The van der Waals surface area contributed by atoms with Crippen molar-refractivity contribution in [3.63, 3.8) is 0 Å². The minimum atomic E-state index is 0.111. The number of ketones is 1. The van der Waals surface area contributed by atoms with E-state index >= 15 is 0 Å². The fourth-order valence-corrected chi connectivity index (χ4v) is 1.45. The van der Waals surface area contributed by atoms with Gasteiger partial charge in [0.15, 0.2) is 5.78 Å². The highest BCUT2D eigenvalue weighted by molar-refractivity contribution is 5.97. The summed E-state index contributed by atoms with van der Waals surface area (Å²) in [6.07, 6.45) is 0. The molecule has 0 radical (unpaired) electrons. The molecule has 0 spiro atoms. The lowest BCUT2D eigenvalue weighted by atomic mass is 10.1. The van der Waals surface area contributed by atoms with Crippen molar-refractivity contribution in [1.29, 1.82) is 0 Å². The average Bonchev–Trinajstić information content (AvgIpc) is 2.25. The molecule has 0 atom stereocenters. The van der Waals surface area contributed by atoms with E-state index < -0.39 is 0 Å². The van der Waals surface area contributed by atoms with Crippen molar-refractivity contribution in [2.75, 3.05) is 13.7 Å². The van der Waals surface area contributed by atoms with Gasteiger partial charge < -0.3 is 10.1 Å². The molecule has 0 amide bonds. The van der Waals surface area contributed by atoms with Gasteiger partial charge in [-0.2, -0.15) is 0 Å². The van der Waals surface area contributed by atoms with Crippen LogP contribution in [0.15, 0.2) is 18.2 Å². The summed E-state index contributed by atoms with van der Waals surface area (Å²) in [5.41, 5.74) is 1.71. The van der Waals surface area contributed by atoms with Crippen molar-refractivity contribution in [2.45, 2.75) is 26.8 Å². The van der Waals surface area contributed by atoms with Crippen LogP contribution in [0.5, 0.6) is 5.75 Å². The normalized spacial score (nSPS) is 10.6. The third-order valence-electron chi connectivity index (χ3n) is 2.39. The second kappa shape index (κ2) is 5.66. The smallest absolute Gasteiger partial charge is 0.176 e. The molecule has 0 fully saturated rings. The van der Waals surface area contributed by atoms with E-state index in [0.29, 0.717) is 12.6 Å². The van der Waals surface area contributed by atoms with E-state index in [4.69, 9.17) is 4.74 Å². The quantitative estimate of drug-likeness (QED) is 0.774. The second-order valence-electron chi connectivity index (χ2n) is 4.14. The summed E-state index contributed by atoms with van der Waals surface area (Å²) in [6.45, 7) is 6.36.